The summed E-state index contributed by atoms with van der Waals surface area (Å²) in [6, 6.07) is 6.23. The van der Waals surface area contributed by atoms with Gasteiger partial charge >= 0.3 is 0 Å². The standard InChI is InChI=1S/C15H18ClN3/c1-3-11-5-4-7-19-15(11)14(17-2)9-12-6-8-18-10-13(12)16/h4-8,10,14,17H,3,9H2,1-2H3. The van der Waals surface area contributed by atoms with Crippen LogP contribution in [0.4, 0.5) is 0 Å². The lowest BCUT2D eigenvalue weighted by molar-refractivity contribution is 0.570. The van der Waals surface area contributed by atoms with E-state index in [1.165, 1.54) is 5.56 Å². The highest BCUT2D eigenvalue weighted by Crippen LogP contribution is 2.23. The van der Waals surface area contributed by atoms with Crippen molar-refractivity contribution in [3.8, 4) is 0 Å². The van der Waals surface area contributed by atoms with Crippen LogP contribution in [0.2, 0.25) is 5.02 Å². The first-order valence-corrected chi connectivity index (χ1v) is 6.83. The van der Waals surface area contributed by atoms with Gasteiger partial charge in [-0.15, -0.1) is 0 Å². The highest BCUT2D eigenvalue weighted by molar-refractivity contribution is 6.31. The number of likely N-dealkylation sites (N-methyl/N-ethyl adjacent to an activating group) is 1. The van der Waals surface area contributed by atoms with E-state index in [1.54, 1.807) is 12.4 Å². The molecule has 3 nitrogen and oxygen atoms in total. The van der Waals surface area contributed by atoms with Crippen LogP contribution in [0.1, 0.15) is 29.8 Å². The van der Waals surface area contributed by atoms with Crippen molar-refractivity contribution in [1.82, 2.24) is 15.3 Å². The van der Waals surface area contributed by atoms with E-state index < -0.39 is 0 Å². The zero-order valence-electron chi connectivity index (χ0n) is 11.2. The second-order valence-electron chi connectivity index (χ2n) is 4.41. The third-order valence-electron chi connectivity index (χ3n) is 3.27. The molecule has 2 rings (SSSR count). The minimum Gasteiger partial charge on any atom is -0.311 e. The van der Waals surface area contributed by atoms with E-state index in [2.05, 4.69) is 28.3 Å². The summed E-state index contributed by atoms with van der Waals surface area (Å²) in [6.45, 7) is 2.15. The van der Waals surface area contributed by atoms with Gasteiger partial charge < -0.3 is 5.32 Å². The Bertz CT molecular complexity index is 542. The van der Waals surface area contributed by atoms with Crippen LogP contribution in [0.15, 0.2) is 36.8 Å². The third kappa shape index (κ3) is 3.31. The number of nitrogens with zero attached hydrogens (tertiary/aromatic N) is 2. The molecule has 1 N–H and O–H groups in total. The molecule has 0 aliphatic heterocycles. The van der Waals surface area contributed by atoms with Gasteiger partial charge in [0.25, 0.3) is 0 Å². The van der Waals surface area contributed by atoms with Crippen LogP contribution < -0.4 is 5.32 Å². The summed E-state index contributed by atoms with van der Waals surface area (Å²) < 4.78 is 0. The molecule has 0 bridgehead atoms. The molecule has 0 aromatic carbocycles. The highest BCUT2D eigenvalue weighted by Gasteiger charge is 2.16. The second-order valence-corrected chi connectivity index (χ2v) is 4.82. The van der Waals surface area contributed by atoms with Crippen molar-refractivity contribution in [2.75, 3.05) is 7.05 Å². The number of rotatable bonds is 5. The normalized spacial score (nSPS) is 12.4. The van der Waals surface area contributed by atoms with Gasteiger partial charge in [0.2, 0.25) is 0 Å². The van der Waals surface area contributed by atoms with Crippen molar-refractivity contribution >= 4 is 11.6 Å². The van der Waals surface area contributed by atoms with Gasteiger partial charge in [0, 0.05) is 18.6 Å². The molecule has 1 unspecified atom stereocenters. The molecule has 1 atom stereocenters. The van der Waals surface area contributed by atoms with Crippen molar-refractivity contribution in [2.45, 2.75) is 25.8 Å². The van der Waals surface area contributed by atoms with Gasteiger partial charge in [0.05, 0.1) is 16.8 Å². The van der Waals surface area contributed by atoms with Crippen molar-refractivity contribution in [3.05, 3.63) is 58.6 Å². The van der Waals surface area contributed by atoms with E-state index in [0.29, 0.717) is 5.02 Å². The fourth-order valence-corrected chi connectivity index (χ4v) is 2.38. The van der Waals surface area contributed by atoms with Gasteiger partial charge in [0.1, 0.15) is 0 Å². The summed E-state index contributed by atoms with van der Waals surface area (Å²) in [4.78, 5) is 8.54. The Kier molecular flexibility index (Phi) is 4.88. The Morgan fingerprint density at radius 3 is 2.79 bits per heavy atom. The van der Waals surface area contributed by atoms with E-state index in [-0.39, 0.29) is 6.04 Å². The molecular formula is C15H18ClN3. The van der Waals surface area contributed by atoms with Gasteiger partial charge in [-0.05, 0) is 43.1 Å². The Morgan fingerprint density at radius 2 is 2.11 bits per heavy atom. The summed E-state index contributed by atoms with van der Waals surface area (Å²) in [5, 5.41) is 4.03. The lowest BCUT2D eigenvalue weighted by atomic mass is 9.99. The molecule has 4 heteroatoms. The monoisotopic (exact) mass is 275 g/mol. The number of hydrogen-bond donors (Lipinski definition) is 1. The number of hydrogen-bond acceptors (Lipinski definition) is 3. The number of aromatic nitrogens is 2. The minimum atomic E-state index is 0.163. The van der Waals surface area contributed by atoms with Gasteiger partial charge in [-0.2, -0.15) is 0 Å². The molecule has 0 radical (unpaired) electrons. The molecule has 0 saturated carbocycles. The molecule has 2 heterocycles. The number of halogens is 1. The zero-order valence-corrected chi connectivity index (χ0v) is 12.0. The highest BCUT2D eigenvalue weighted by atomic mass is 35.5. The molecule has 0 fully saturated rings. The lowest BCUT2D eigenvalue weighted by Gasteiger charge is -2.19. The Balaban J connectivity index is 2.28. The van der Waals surface area contributed by atoms with Crippen LogP contribution in [-0.4, -0.2) is 17.0 Å². The van der Waals surface area contributed by atoms with Crippen LogP contribution in [-0.2, 0) is 12.8 Å². The topological polar surface area (TPSA) is 37.8 Å². The summed E-state index contributed by atoms with van der Waals surface area (Å²) in [6.07, 6.45) is 7.08. The molecule has 0 saturated heterocycles. The molecule has 0 spiro atoms. The van der Waals surface area contributed by atoms with Gasteiger partial charge in [-0.1, -0.05) is 24.6 Å². The van der Waals surface area contributed by atoms with Crippen molar-refractivity contribution < 1.29 is 0 Å². The largest absolute Gasteiger partial charge is 0.311 e. The lowest BCUT2D eigenvalue weighted by Crippen LogP contribution is -2.21. The summed E-state index contributed by atoms with van der Waals surface area (Å²) in [5.41, 5.74) is 3.45. The molecule has 0 amide bonds. The van der Waals surface area contributed by atoms with E-state index in [1.807, 2.05) is 25.4 Å². The molecular weight excluding hydrogens is 258 g/mol. The number of pyridine rings is 2. The van der Waals surface area contributed by atoms with Crippen LogP contribution in [0.3, 0.4) is 0 Å². The van der Waals surface area contributed by atoms with Crippen LogP contribution in [0, 0.1) is 0 Å². The first kappa shape index (κ1) is 14.0. The quantitative estimate of drug-likeness (QED) is 0.911. The van der Waals surface area contributed by atoms with Gasteiger partial charge in [0.15, 0.2) is 0 Å². The second kappa shape index (κ2) is 6.64. The molecule has 19 heavy (non-hydrogen) atoms. The van der Waals surface area contributed by atoms with E-state index in [4.69, 9.17) is 11.6 Å². The maximum Gasteiger partial charge on any atom is 0.0622 e. The number of nitrogens with one attached hydrogen (secondary N) is 1. The average molecular weight is 276 g/mol. The van der Waals surface area contributed by atoms with Crippen LogP contribution >= 0.6 is 11.6 Å². The minimum absolute atomic E-state index is 0.163. The third-order valence-corrected chi connectivity index (χ3v) is 3.61. The number of aryl methyl sites for hydroxylation is 1. The fraction of sp³-hybridized carbons (Fsp3) is 0.333. The zero-order chi connectivity index (χ0) is 13.7. The van der Waals surface area contributed by atoms with Crippen LogP contribution in [0.5, 0.6) is 0 Å². The molecule has 100 valence electrons. The van der Waals surface area contributed by atoms with Gasteiger partial charge in [-0.25, -0.2) is 0 Å². The first-order valence-electron chi connectivity index (χ1n) is 6.45. The Morgan fingerprint density at radius 1 is 1.26 bits per heavy atom. The maximum absolute atomic E-state index is 6.18. The maximum atomic E-state index is 6.18. The van der Waals surface area contributed by atoms with Gasteiger partial charge in [-0.3, -0.25) is 9.97 Å². The smallest absolute Gasteiger partial charge is 0.0622 e. The predicted octanol–water partition coefficient (Wildman–Crippen LogP) is 3.20. The SMILES string of the molecule is CCc1cccnc1C(Cc1ccncc1Cl)NC. The molecule has 0 aliphatic carbocycles. The Labute approximate surface area is 119 Å². The van der Waals surface area contributed by atoms with Crippen molar-refractivity contribution in [3.63, 3.8) is 0 Å². The van der Waals surface area contributed by atoms with Crippen LogP contribution in [0.25, 0.3) is 0 Å². The van der Waals surface area contributed by atoms with Crippen molar-refractivity contribution in [2.24, 2.45) is 0 Å². The Hall–Kier alpha value is -1.45. The predicted molar refractivity (Wildman–Crippen MR) is 78.4 cm³/mol. The molecule has 2 aromatic rings. The first-order chi connectivity index (χ1) is 9.26. The summed E-state index contributed by atoms with van der Waals surface area (Å²) in [7, 11) is 1.95. The summed E-state index contributed by atoms with van der Waals surface area (Å²) >= 11 is 6.18. The van der Waals surface area contributed by atoms with Crippen molar-refractivity contribution in [1.29, 1.82) is 0 Å². The fourth-order valence-electron chi connectivity index (χ4n) is 2.19. The molecule has 2 aromatic heterocycles. The van der Waals surface area contributed by atoms with E-state index >= 15 is 0 Å². The van der Waals surface area contributed by atoms with E-state index in [0.717, 1.165) is 24.1 Å². The molecule has 0 aliphatic rings. The van der Waals surface area contributed by atoms with E-state index in [9.17, 15) is 0 Å². The average Bonchev–Trinajstić information content (AvgIpc) is 2.46. The summed E-state index contributed by atoms with van der Waals surface area (Å²) in [5.74, 6) is 0.